The Labute approximate surface area is 181 Å². The Balaban J connectivity index is 1.88. The Morgan fingerprint density at radius 3 is 2.77 bits per heavy atom. The minimum atomic E-state index is -0.741. The normalized spacial score (nSPS) is 22.9. The summed E-state index contributed by atoms with van der Waals surface area (Å²) in [6.07, 6.45) is 7.19. The zero-order valence-electron chi connectivity index (χ0n) is 18.8. The molecular formula is C25H38N2O3. The van der Waals surface area contributed by atoms with Gasteiger partial charge in [0.15, 0.2) is 0 Å². The summed E-state index contributed by atoms with van der Waals surface area (Å²) in [6, 6.07) is 8.30. The van der Waals surface area contributed by atoms with Crippen molar-refractivity contribution in [2.24, 2.45) is 0 Å². The maximum atomic E-state index is 12.9. The molecule has 1 amide bonds. The molecule has 0 bridgehead atoms. The molecule has 1 aliphatic heterocycles. The molecule has 0 aromatic heterocycles. The van der Waals surface area contributed by atoms with Gasteiger partial charge in [-0.25, -0.2) is 4.79 Å². The van der Waals surface area contributed by atoms with Crippen molar-refractivity contribution in [1.82, 2.24) is 10.2 Å². The van der Waals surface area contributed by atoms with Gasteiger partial charge in [0.05, 0.1) is 5.60 Å². The van der Waals surface area contributed by atoms with Gasteiger partial charge in [0.2, 0.25) is 0 Å². The first-order chi connectivity index (χ1) is 14.2. The first-order valence-corrected chi connectivity index (χ1v) is 11.4. The summed E-state index contributed by atoms with van der Waals surface area (Å²) in [5.41, 5.74) is 0.926. The molecule has 1 heterocycles. The maximum absolute atomic E-state index is 12.9. The number of hydrogen-bond donors (Lipinski definition) is 2. The van der Waals surface area contributed by atoms with Crippen molar-refractivity contribution < 1.29 is 14.6 Å². The average Bonchev–Trinajstić information content (AvgIpc) is 2.71. The Kier molecular flexibility index (Phi) is 7.25. The van der Waals surface area contributed by atoms with Crippen molar-refractivity contribution in [1.29, 1.82) is 0 Å². The lowest BCUT2D eigenvalue weighted by Crippen LogP contribution is -2.56. The van der Waals surface area contributed by atoms with Crippen LogP contribution in [0.15, 0.2) is 30.8 Å². The third-order valence-corrected chi connectivity index (χ3v) is 6.40. The highest BCUT2D eigenvalue weighted by Gasteiger charge is 2.42. The number of carbonyl (C=O) groups excluding carboxylic acids is 1. The third-order valence-electron chi connectivity index (χ3n) is 6.40. The van der Waals surface area contributed by atoms with Gasteiger partial charge in [0, 0.05) is 31.6 Å². The first kappa shape index (κ1) is 22.8. The van der Waals surface area contributed by atoms with Gasteiger partial charge in [-0.3, -0.25) is 0 Å². The molecule has 3 rings (SSSR count). The van der Waals surface area contributed by atoms with Crippen molar-refractivity contribution in [3.63, 3.8) is 0 Å². The van der Waals surface area contributed by atoms with Crippen LogP contribution in [0.4, 0.5) is 4.79 Å². The zero-order chi connectivity index (χ0) is 21.8. The highest BCUT2D eigenvalue weighted by molar-refractivity contribution is 5.68. The predicted octanol–water partition coefficient (Wildman–Crippen LogP) is 4.71. The van der Waals surface area contributed by atoms with E-state index in [1.807, 2.05) is 43.9 Å². The molecule has 2 unspecified atom stereocenters. The van der Waals surface area contributed by atoms with Gasteiger partial charge >= 0.3 is 6.09 Å². The van der Waals surface area contributed by atoms with E-state index in [1.54, 1.807) is 0 Å². The number of hydrogen-bond acceptors (Lipinski definition) is 4. The van der Waals surface area contributed by atoms with E-state index in [2.05, 4.69) is 24.0 Å². The Hall–Kier alpha value is -1.85. The molecule has 2 atom stereocenters. The number of piperazine rings is 1. The number of carbonyl (C=O) groups is 1. The topological polar surface area (TPSA) is 61.8 Å². The second-order valence-corrected chi connectivity index (χ2v) is 9.86. The van der Waals surface area contributed by atoms with Gasteiger partial charge < -0.3 is 20.1 Å². The van der Waals surface area contributed by atoms with Crippen molar-refractivity contribution in [2.75, 3.05) is 19.6 Å². The summed E-state index contributed by atoms with van der Waals surface area (Å²) >= 11 is 0. The van der Waals surface area contributed by atoms with Crippen molar-refractivity contribution in [3.05, 3.63) is 42.0 Å². The predicted molar refractivity (Wildman–Crippen MR) is 122 cm³/mol. The van der Waals surface area contributed by atoms with E-state index in [9.17, 15) is 9.90 Å². The molecule has 166 valence electrons. The molecule has 2 N–H and O–H groups in total. The van der Waals surface area contributed by atoms with E-state index in [-0.39, 0.29) is 18.1 Å². The van der Waals surface area contributed by atoms with Crippen LogP contribution < -0.4 is 5.32 Å². The van der Waals surface area contributed by atoms with Crippen LogP contribution in [-0.4, -0.2) is 53.0 Å². The summed E-state index contributed by atoms with van der Waals surface area (Å²) < 4.78 is 5.69. The van der Waals surface area contributed by atoms with Crippen molar-refractivity contribution in [3.8, 4) is 0 Å². The van der Waals surface area contributed by atoms with Gasteiger partial charge in [0.1, 0.15) is 5.60 Å². The fourth-order valence-corrected chi connectivity index (χ4v) is 4.89. The lowest BCUT2D eigenvalue weighted by Gasteiger charge is -2.44. The summed E-state index contributed by atoms with van der Waals surface area (Å²) in [7, 11) is 0. The van der Waals surface area contributed by atoms with Crippen LogP contribution in [0.25, 0.3) is 6.08 Å². The molecule has 1 aromatic rings. The second-order valence-electron chi connectivity index (χ2n) is 9.86. The molecule has 2 aliphatic rings. The van der Waals surface area contributed by atoms with Gasteiger partial charge in [0.25, 0.3) is 0 Å². The minimum Gasteiger partial charge on any atom is -0.444 e. The standard InChI is InChI=1S/C25H38N2O3/c1-5-19-10-9-11-20(16-19)22(25(29)12-7-6-8-13-25)17-21-18-26-14-15-27(21)23(28)30-24(2,3)4/h5,9-11,16,21-22,26,29H,1,6-8,12-15,17-18H2,2-4H3. The highest BCUT2D eigenvalue weighted by atomic mass is 16.6. The van der Waals surface area contributed by atoms with E-state index in [4.69, 9.17) is 4.74 Å². The molecule has 0 radical (unpaired) electrons. The van der Waals surface area contributed by atoms with Gasteiger partial charge in [-0.15, -0.1) is 0 Å². The quantitative estimate of drug-likeness (QED) is 0.733. The van der Waals surface area contributed by atoms with Gasteiger partial charge in [-0.1, -0.05) is 56.2 Å². The number of nitrogens with zero attached hydrogens (tertiary/aromatic N) is 1. The molecule has 2 fully saturated rings. The largest absolute Gasteiger partial charge is 0.444 e. The van der Waals surface area contributed by atoms with Crippen molar-refractivity contribution >= 4 is 12.2 Å². The molecule has 0 spiro atoms. The minimum absolute atomic E-state index is 0.0167. The number of nitrogens with one attached hydrogen (secondary N) is 1. The van der Waals surface area contributed by atoms with Crippen LogP contribution in [0, 0.1) is 0 Å². The van der Waals surface area contributed by atoms with Crippen LogP contribution in [-0.2, 0) is 4.74 Å². The van der Waals surface area contributed by atoms with E-state index in [0.717, 1.165) is 43.4 Å². The molecular weight excluding hydrogens is 376 g/mol. The summed E-state index contributed by atoms with van der Waals surface area (Å²) in [5.74, 6) is -0.0347. The molecule has 5 heteroatoms. The van der Waals surface area contributed by atoms with Crippen LogP contribution in [0.1, 0.15) is 76.3 Å². The second kappa shape index (κ2) is 9.52. The fourth-order valence-electron chi connectivity index (χ4n) is 4.89. The lowest BCUT2D eigenvalue weighted by atomic mass is 9.70. The molecule has 30 heavy (non-hydrogen) atoms. The monoisotopic (exact) mass is 414 g/mol. The van der Waals surface area contributed by atoms with Crippen LogP contribution in [0.3, 0.4) is 0 Å². The van der Waals surface area contributed by atoms with Crippen LogP contribution >= 0.6 is 0 Å². The number of rotatable bonds is 5. The van der Waals surface area contributed by atoms with Gasteiger partial charge in [-0.2, -0.15) is 0 Å². The Morgan fingerprint density at radius 2 is 2.10 bits per heavy atom. The fraction of sp³-hybridized carbons (Fsp3) is 0.640. The highest BCUT2D eigenvalue weighted by Crippen LogP contribution is 2.43. The molecule has 1 aliphatic carbocycles. The summed E-state index contributed by atoms with van der Waals surface area (Å²) in [4.78, 5) is 14.8. The first-order valence-electron chi connectivity index (χ1n) is 11.4. The van der Waals surface area contributed by atoms with Crippen molar-refractivity contribution in [2.45, 2.75) is 82.5 Å². The zero-order valence-corrected chi connectivity index (χ0v) is 18.8. The molecule has 1 saturated carbocycles. The van der Waals surface area contributed by atoms with Gasteiger partial charge in [-0.05, 0) is 51.2 Å². The number of aliphatic hydroxyl groups is 1. The van der Waals surface area contributed by atoms with E-state index >= 15 is 0 Å². The molecule has 1 saturated heterocycles. The summed E-state index contributed by atoms with van der Waals surface area (Å²) in [6.45, 7) is 11.7. The number of benzene rings is 1. The van der Waals surface area contributed by atoms with Crippen LogP contribution in [0.5, 0.6) is 0 Å². The maximum Gasteiger partial charge on any atom is 0.410 e. The number of ether oxygens (including phenoxy) is 1. The average molecular weight is 415 g/mol. The van der Waals surface area contributed by atoms with E-state index in [0.29, 0.717) is 19.5 Å². The Bertz CT molecular complexity index is 734. The molecule has 1 aromatic carbocycles. The van der Waals surface area contributed by atoms with E-state index in [1.165, 1.54) is 6.42 Å². The van der Waals surface area contributed by atoms with E-state index < -0.39 is 11.2 Å². The van der Waals surface area contributed by atoms with Crippen LogP contribution in [0.2, 0.25) is 0 Å². The molecule has 5 nitrogen and oxygen atoms in total. The Morgan fingerprint density at radius 1 is 1.37 bits per heavy atom. The summed E-state index contributed by atoms with van der Waals surface area (Å²) in [5, 5.41) is 15.1. The SMILES string of the molecule is C=Cc1cccc(C(CC2CNCCN2C(=O)OC(C)(C)C)C2(O)CCCCC2)c1. The lowest BCUT2D eigenvalue weighted by molar-refractivity contribution is -0.0357. The number of amides is 1. The third kappa shape index (κ3) is 5.64. The smallest absolute Gasteiger partial charge is 0.410 e.